The predicted octanol–water partition coefficient (Wildman–Crippen LogP) is 5.78. The molecule has 0 fully saturated rings. The van der Waals surface area contributed by atoms with Gasteiger partial charge in [-0.25, -0.2) is 9.36 Å². The van der Waals surface area contributed by atoms with Crippen LogP contribution in [0.5, 0.6) is 0 Å². The largest absolute Gasteiger partial charge is 0.241 e. The van der Waals surface area contributed by atoms with E-state index in [1.807, 2.05) is 15.6 Å². The molecule has 0 unspecified atom stereocenters. The Morgan fingerprint density at radius 2 is 1.41 bits per heavy atom. The van der Waals surface area contributed by atoms with Crippen molar-refractivity contribution in [1.82, 2.24) is 19.6 Å². The van der Waals surface area contributed by atoms with Crippen LogP contribution >= 0.6 is 11.8 Å². The summed E-state index contributed by atoms with van der Waals surface area (Å²) in [4.78, 5) is 1.15. The average Bonchev–Trinajstić information content (AvgIpc) is 3.38. The van der Waals surface area contributed by atoms with Gasteiger partial charge in [0.25, 0.3) is 0 Å². The van der Waals surface area contributed by atoms with Crippen molar-refractivity contribution in [3.8, 4) is 11.4 Å². The van der Waals surface area contributed by atoms with Crippen molar-refractivity contribution < 1.29 is 0 Å². The van der Waals surface area contributed by atoms with E-state index in [-0.39, 0.29) is 10.8 Å². The lowest BCUT2D eigenvalue weighted by molar-refractivity contribution is 0.294. The highest BCUT2D eigenvalue weighted by Gasteiger charge is 2.41. The second-order valence-corrected chi connectivity index (χ2v) is 9.74. The van der Waals surface area contributed by atoms with E-state index in [9.17, 15) is 0 Å². The van der Waals surface area contributed by atoms with E-state index in [4.69, 9.17) is 10.2 Å². The van der Waals surface area contributed by atoms with Crippen LogP contribution in [0, 0.1) is 0 Å². The first-order valence-corrected chi connectivity index (χ1v) is 10.7. The minimum atomic E-state index is -0.168. The van der Waals surface area contributed by atoms with E-state index >= 15 is 0 Å². The molecule has 0 amide bonds. The van der Waals surface area contributed by atoms with Crippen molar-refractivity contribution in [3.05, 3.63) is 84.3 Å². The zero-order valence-corrected chi connectivity index (χ0v) is 17.9. The van der Waals surface area contributed by atoms with Gasteiger partial charge in [-0.2, -0.15) is 10.2 Å². The fourth-order valence-electron chi connectivity index (χ4n) is 3.83. The molecule has 29 heavy (non-hydrogen) atoms. The number of hydrogen-bond donors (Lipinski definition) is 0. The van der Waals surface area contributed by atoms with Crippen molar-refractivity contribution in [2.45, 2.75) is 48.4 Å². The van der Waals surface area contributed by atoms with Crippen LogP contribution in [0.15, 0.2) is 83.0 Å². The first-order chi connectivity index (χ1) is 13.8. The summed E-state index contributed by atoms with van der Waals surface area (Å²) in [6, 6.07) is 21.4. The quantitative estimate of drug-likeness (QED) is 0.375. The predicted molar refractivity (Wildman–Crippen MR) is 117 cm³/mol. The normalized spacial score (nSPS) is 16.7. The summed E-state index contributed by atoms with van der Waals surface area (Å²) >= 11 is 1.67. The molecule has 5 rings (SSSR count). The van der Waals surface area contributed by atoms with Gasteiger partial charge in [-0.3, -0.25) is 0 Å². The fourth-order valence-corrected chi connectivity index (χ4v) is 4.66. The van der Waals surface area contributed by atoms with Gasteiger partial charge >= 0.3 is 0 Å². The molecule has 0 aliphatic carbocycles. The molecule has 1 aliphatic heterocycles. The third-order valence-corrected chi connectivity index (χ3v) is 7.41. The minimum Gasteiger partial charge on any atom is -0.241 e. The second kappa shape index (κ2) is 6.36. The monoisotopic (exact) mass is 400 g/mol. The first kappa shape index (κ1) is 18.3. The van der Waals surface area contributed by atoms with Crippen LogP contribution in [0.3, 0.4) is 0 Å². The van der Waals surface area contributed by atoms with Gasteiger partial charge in [0, 0.05) is 28.1 Å². The lowest BCUT2D eigenvalue weighted by Crippen LogP contribution is -2.40. The maximum absolute atomic E-state index is 4.98. The van der Waals surface area contributed by atoms with Crippen molar-refractivity contribution in [1.29, 1.82) is 0 Å². The molecule has 0 radical (unpaired) electrons. The third-order valence-electron chi connectivity index (χ3n) is 6.49. The van der Waals surface area contributed by atoms with Crippen LogP contribution in [0.2, 0.25) is 0 Å². The molecule has 5 heteroatoms. The summed E-state index contributed by atoms with van der Waals surface area (Å²) in [5, 5.41) is 10.8. The van der Waals surface area contributed by atoms with Gasteiger partial charge in [0.05, 0.1) is 17.1 Å². The molecule has 3 heterocycles. The molecule has 2 aromatic heterocycles. The van der Waals surface area contributed by atoms with E-state index in [0.717, 1.165) is 27.0 Å². The smallest absolute Gasteiger partial charge is 0.123 e. The highest BCUT2D eigenvalue weighted by molar-refractivity contribution is 7.99. The number of nitrogens with zero attached hydrogens (tertiary/aromatic N) is 4. The van der Waals surface area contributed by atoms with Crippen molar-refractivity contribution in [2.75, 3.05) is 0 Å². The molecule has 0 atom stereocenters. The second-order valence-electron chi connectivity index (χ2n) is 8.64. The fraction of sp³-hybridized carbons (Fsp3) is 0.250. The Morgan fingerprint density at radius 3 is 2.24 bits per heavy atom. The zero-order chi connectivity index (χ0) is 20.2. The summed E-state index contributed by atoms with van der Waals surface area (Å²) in [6.45, 7) is 9.16. The Balaban J connectivity index is 1.76. The lowest BCUT2D eigenvalue weighted by Gasteiger charge is -2.41. The molecule has 146 valence electrons. The Kier molecular flexibility index (Phi) is 4.00. The van der Waals surface area contributed by atoms with E-state index in [2.05, 4.69) is 94.6 Å². The summed E-state index contributed by atoms with van der Waals surface area (Å²) in [5.74, 6) is 0. The van der Waals surface area contributed by atoms with Gasteiger partial charge in [0.2, 0.25) is 0 Å². The molecule has 0 N–H and O–H groups in total. The molecule has 1 aliphatic rings. The molecule has 0 saturated carbocycles. The molecular formula is C24H24N4S. The number of hydrogen-bond acceptors (Lipinski definition) is 3. The van der Waals surface area contributed by atoms with Gasteiger partial charge in [-0.15, -0.1) is 0 Å². The maximum atomic E-state index is 4.98. The number of benzene rings is 2. The van der Waals surface area contributed by atoms with Crippen LogP contribution in [-0.4, -0.2) is 19.6 Å². The number of fused-ring (bicyclic) bond motifs is 10. The van der Waals surface area contributed by atoms with Crippen molar-refractivity contribution in [3.63, 3.8) is 0 Å². The maximum Gasteiger partial charge on any atom is 0.123 e. The highest BCUT2D eigenvalue weighted by Crippen LogP contribution is 2.43. The van der Waals surface area contributed by atoms with E-state index < -0.39 is 0 Å². The summed E-state index contributed by atoms with van der Waals surface area (Å²) < 4.78 is 3.94. The molecule has 0 saturated heterocycles. The van der Waals surface area contributed by atoms with Gasteiger partial charge in [-0.05, 0) is 48.0 Å². The topological polar surface area (TPSA) is 35.6 Å². The standard InChI is InChI=1S/C24H24N4S/c1-23(2)17-7-5-8-18(15-17)28-14-12-22(26-28)29-20-10-6-9-19(16-20)27-13-11-21(25-27)24(23,3)4/h5-16H,1-4H3. The minimum absolute atomic E-state index is 0.130. The van der Waals surface area contributed by atoms with Crippen LogP contribution in [-0.2, 0) is 10.8 Å². The van der Waals surface area contributed by atoms with Crippen LogP contribution in [0.4, 0.5) is 0 Å². The lowest BCUT2D eigenvalue weighted by atomic mass is 9.62. The first-order valence-electron chi connectivity index (χ1n) is 9.86. The summed E-state index contributed by atoms with van der Waals surface area (Å²) in [7, 11) is 0. The number of rotatable bonds is 0. The van der Waals surface area contributed by atoms with Gasteiger partial charge in [-0.1, -0.05) is 57.7 Å². The van der Waals surface area contributed by atoms with Gasteiger partial charge in [0.15, 0.2) is 0 Å². The molecule has 2 aromatic carbocycles. The van der Waals surface area contributed by atoms with Gasteiger partial charge in [0.1, 0.15) is 5.03 Å². The Hall–Kier alpha value is -2.79. The molecule has 4 nitrogen and oxygen atoms in total. The van der Waals surface area contributed by atoms with E-state index in [1.54, 1.807) is 11.8 Å². The summed E-state index contributed by atoms with van der Waals surface area (Å²) in [5.41, 5.74) is 4.20. The molecule has 0 spiro atoms. The van der Waals surface area contributed by atoms with E-state index in [0.29, 0.717) is 0 Å². The third kappa shape index (κ3) is 2.92. The molecule has 4 aromatic rings. The van der Waals surface area contributed by atoms with Gasteiger partial charge < -0.3 is 0 Å². The van der Waals surface area contributed by atoms with E-state index in [1.165, 1.54) is 5.56 Å². The Labute approximate surface area is 175 Å². The zero-order valence-electron chi connectivity index (χ0n) is 17.1. The number of aromatic nitrogens is 4. The summed E-state index contributed by atoms with van der Waals surface area (Å²) in [6.07, 6.45) is 4.10. The SMILES string of the molecule is CC1(C)c2cccc(c2)-n2ccc(n2)Sc2cccc(c2)-n2ccc(n2)C1(C)C. The van der Waals surface area contributed by atoms with Crippen molar-refractivity contribution >= 4 is 11.8 Å². The molecular weight excluding hydrogens is 376 g/mol. The van der Waals surface area contributed by atoms with Crippen molar-refractivity contribution in [2.24, 2.45) is 0 Å². The average molecular weight is 401 g/mol. The molecule has 8 bridgehead atoms. The highest BCUT2D eigenvalue weighted by atomic mass is 32.2. The Morgan fingerprint density at radius 1 is 0.724 bits per heavy atom. The van der Waals surface area contributed by atoms with Crippen LogP contribution in [0.1, 0.15) is 39.0 Å². The van der Waals surface area contributed by atoms with Crippen LogP contribution < -0.4 is 0 Å². The Bertz CT molecular complexity index is 1200. The van der Waals surface area contributed by atoms with Crippen LogP contribution in [0.25, 0.3) is 11.4 Å².